The van der Waals surface area contributed by atoms with Crippen molar-refractivity contribution in [1.29, 1.82) is 0 Å². The van der Waals surface area contributed by atoms with Gasteiger partial charge in [0.15, 0.2) is 6.61 Å². The molecule has 3 aromatic carbocycles. The van der Waals surface area contributed by atoms with Crippen molar-refractivity contribution in [2.75, 3.05) is 19.0 Å². The Labute approximate surface area is 188 Å². The quantitative estimate of drug-likeness (QED) is 0.364. The van der Waals surface area contributed by atoms with Gasteiger partial charge in [-0.15, -0.1) is 0 Å². The third-order valence-electron chi connectivity index (χ3n) is 5.32. The number of carbonyl (C=O) groups excluding carboxylic acids is 1. The van der Waals surface area contributed by atoms with Gasteiger partial charge in [-0.05, 0) is 59.7 Å². The number of nitrogens with one attached hydrogen (secondary N) is 2. The standard InChI is InChI=1S/C26H20N2O5/c1-31-19-5-2-16(3-6-19)22-14-26(30)33-24-13-20(7-8-21(22)24)32-15-25(29)28-18-4-9-23-17(12-18)10-11-27-23/h2-14,27H,15H2,1H3,(H,28,29). The van der Waals surface area contributed by atoms with Crippen molar-refractivity contribution >= 4 is 33.5 Å². The smallest absolute Gasteiger partial charge is 0.336 e. The van der Waals surface area contributed by atoms with Crippen molar-refractivity contribution in [2.24, 2.45) is 0 Å². The molecule has 0 bridgehead atoms. The van der Waals surface area contributed by atoms with Crippen molar-refractivity contribution < 1.29 is 18.7 Å². The average Bonchev–Trinajstić information content (AvgIpc) is 3.30. The van der Waals surface area contributed by atoms with Crippen LogP contribution in [0.2, 0.25) is 0 Å². The number of aromatic amines is 1. The Morgan fingerprint density at radius 3 is 2.61 bits per heavy atom. The molecular formula is C26H20N2O5. The van der Waals surface area contributed by atoms with E-state index in [0.29, 0.717) is 17.0 Å². The van der Waals surface area contributed by atoms with Gasteiger partial charge in [-0.3, -0.25) is 4.79 Å². The molecule has 164 valence electrons. The highest BCUT2D eigenvalue weighted by Crippen LogP contribution is 2.30. The lowest BCUT2D eigenvalue weighted by Crippen LogP contribution is -2.20. The van der Waals surface area contributed by atoms with Gasteiger partial charge in [-0.2, -0.15) is 0 Å². The molecule has 0 unspecified atom stereocenters. The summed E-state index contributed by atoms with van der Waals surface area (Å²) in [4.78, 5) is 27.6. The van der Waals surface area contributed by atoms with Crippen LogP contribution >= 0.6 is 0 Å². The second-order valence-corrected chi connectivity index (χ2v) is 7.48. The van der Waals surface area contributed by atoms with Crippen LogP contribution in [0, 0.1) is 0 Å². The molecule has 0 aliphatic rings. The second kappa shape index (κ2) is 8.55. The van der Waals surface area contributed by atoms with Gasteiger partial charge >= 0.3 is 5.63 Å². The van der Waals surface area contributed by atoms with Gasteiger partial charge < -0.3 is 24.2 Å². The van der Waals surface area contributed by atoms with E-state index in [1.54, 1.807) is 19.2 Å². The third kappa shape index (κ3) is 4.29. The molecule has 1 amide bonds. The topological polar surface area (TPSA) is 93.6 Å². The molecular weight excluding hydrogens is 420 g/mol. The van der Waals surface area contributed by atoms with Crippen LogP contribution in [-0.4, -0.2) is 24.6 Å². The van der Waals surface area contributed by atoms with Crippen LogP contribution in [0.15, 0.2) is 88.2 Å². The molecule has 7 nitrogen and oxygen atoms in total. The molecule has 0 aliphatic heterocycles. The maximum absolute atomic E-state index is 12.3. The maximum atomic E-state index is 12.3. The van der Waals surface area contributed by atoms with E-state index in [2.05, 4.69) is 10.3 Å². The minimum atomic E-state index is -0.469. The predicted molar refractivity (Wildman–Crippen MR) is 127 cm³/mol. The highest BCUT2D eigenvalue weighted by molar-refractivity contribution is 5.95. The largest absolute Gasteiger partial charge is 0.497 e. The van der Waals surface area contributed by atoms with Crippen molar-refractivity contribution in [3.8, 4) is 22.6 Å². The number of hydrogen-bond acceptors (Lipinski definition) is 5. The van der Waals surface area contributed by atoms with Crippen LogP contribution < -0.4 is 20.4 Å². The lowest BCUT2D eigenvalue weighted by molar-refractivity contribution is -0.118. The second-order valence-electron chi connectivity index (χ2n) is 7.48. The number of benzene rings is 3. The zero-order valence-corrected chi connectivity index (χ0v) is 17.8. The van der Waals surface area contributed by atoms with Crippen molar-refractivity contribution in [3.05, 3.63) is 89.4 Å². The van der Waals surface area contributed by atoms with Gasteiger partial charge in [0.25, 0.3) is 5.91 Å². The number of anilines is 1. The first-order valence-corrected chi connectivity index (χ1v) is 10.3. The first-order valence-electron chi connectivity index (χ1n) is 10.3. The number of fused-ring (bicyclic) bond motifs is 2. The number of ether oxygens (including phenoxy) is 2. The summed E-state index contributed by atoms with van der Waals surface area (Å²) >= 11 is 0. The minimum absolute atomic E-state index is 0.181. The molecule has 0 spiro atoms. The van der Waals surface area contributed by atoms with Crippen LogP contribution in [0.1, 0.15) is 0 Å². The zero-order chi connectivity index (χ0) is 22.8. The van der Waals surface area contributed by atoms with Crippen molar-refractivity contribution in [1.82, 2.24) is 4.98 Å². The lowest BCUT2D eigenvalue weighted by Gasteiger charge is -2.10. The van der Waals surface area contributed by atoms with E-state index in [0.717, 1.165) is 33.2 Å². The Kier molecular flexibility index (Phi) is 5.28. The number of rotatable bonds is 6. The Morgan fingerprint density at radius 2 is 1.79 bits per heavy atom. The molecule has 33 heavy (non-hydrogen) atoms. The minimum Gasteiger partial charge on any atom is -0.497 e. The first kappa shape index (κ1) is 20.4. The number of aromatic nitrogens is 1. The van der Waals surface area contributed by atoms with E-state index in [4.69, 9.17) is 13.9 Å². The Bertz CT molecular complexity index is 1520. The van der Waals surface area contributed by atoms with Crippen LogP contribution in [0.3, 0.4) is 0 Å². The molecule has 2 N–H and O–H groups in total. The summed E-state index contributed by atoms with van der Waals surface area (Å²) in [5.41, 5.74) is 3.20. The fourth-order valence-electron chi connectivity index (χ4n) is 3.72. The summed E-state index contributed by atoms with van der Waals surface area (Å²) in [6, 6.07) is 21.6. The van der Waals surface area contributed by atoms with Gasteiger partial charge in [-0.1, -0.05) is 12.1 Å². The first-order chi connectivity index (χ1) is 16.1. The number of carbonyl (C=O) groups is 1. The van der Waals surface area contributed by atoms with E-state index in [-0.39, 0.29) is 12.5 Å². The molecule has 0 radical (unpaired) electrons. The highest BCUT2D eigenvalue weighted by Gasteiger charge is 2.11. The fourth-order valence-corrected chi connectivity index (χ4v) is 3.72. The van der Waals surface area contributed by atoms with E-state index >= 15 is 0 Å². The Balaban J connectivity index is 1.33. The fraction of sp³-hybridized carbons (Fsp3) is 0.0769. The van der Waals surface area contributed by atoms with Gasteiger partial charge in [0.2, 0.25) is 0 Å². The third-order valence-corrected chi connectivity index (χ3v) is 5.32. The molecule has 7 heteroatoms. The van der Waals surface area contributed by atoms with Crippen molar-refractivity contribution in [3.63, 3.8) is 0 Å². The highest BCUT2D eigenvalue weighted by atomic mass is 16.5. The van der Waals surface area contributed by atoms with Crippen LogP contribution in [0.25, 0.3) is 33.0 Å². The van der Waals surface area contributed by atoms with E-state index < -0.39 is 5.63 Å². The number of methoxy groups -OCH3 is 1. The Hall–Kier alpha value is -4.52. The van der Waals surface area contributed by atoms with Crippen LogP contribution in [-0.2, 0) is 4.79 Å². The summed E-state index contributed by atoms with van der Waals surface area (Å²) in [7, 11) is 1.60. The number of amides is 1. The summed E-state index contributed by atoms with van der Waals surface area (Å²) in [6.45, 7) is -0.181. The molecule has 2 heterocycles. The van der Waals surface area contributed by atoms with E-state index in [1.165, 1.54) is 6.07 Å². The van der Waals surface area contributed by atoms with Gasteiger partial charge in [-0.25, -0.2) is 4.79 Å². The normalized spacial score (nSPS) is 10.9. The van der Waals surface area contributed by atoms with Gasteiger partial charge in [0.05, 0.1) is 7.11 Å². The summed E-state index contributed by atoms with van der Waals surface area (Å²) in [5.74, 6) is 0.861. The number of H-pyrrole nitrogens is 1. The average molecular weight is 440 g/mol. The van der Waals surface area contributed by atoms with Crippen LogP contribution in [0.4, 0.5) is 5.69 Å². The molecule has 0 saturated heterocycles. The van der Waals surface area contributed by atoms with E-state index in [1.807, 2.05) is 60.8 Å². The van der Waals surface area contributed by atoms with Crippen LogP contribution in [0.5, 0.6) is 11.5 Å². The summed E-state index contributed by atoms with van der Waals surface area (Å²) in [6.07, 6.45) is 1.84. The predicted octanol–water partition coefficient (Wildman–Crippen LogP) is 4.97. The van der Waals surface area contributed by atoms with Crippen molar-refractivity contribution in [2.45, 2.75) is 0 Å². The number of hydrogen-bond donors (Lipinski definition) is 2. The van der Waals surface area contributed by atoms with Gasteiger partial charge in [0.1, 0.15) is 17.1 Å². The Morgan fingerprint density at radius 1 is 0.970 bits per heavy atom. The lowest BCUT2D eigenvalue weighted by atomic mass is 10.0. The van der Waals surface area contributed by atoms with E-state index in [9.17, 15) is 9.59 Å². The molecule has 0 saturated carbocycles. The zero-order valence-electron chi connectivity index (χ0n) is 17.8. The molecule has 0 fully saturated rings. The monoisotopic (exact) mass is 440 g/mol. The molecule has 0 atom stereocenters. The molecule has 5 aromatic rings. The summed E-state index contributed by atoms with van der Waals surface area (Å²) < 4.78 is 16.2. The SMILES string of the molecule is COc1ccc(-c2cc(=O)oc3cc(OCC(=O)Nc4ccc5[nH]ccc5c4)ccc23)cc1. The molecule has 5 rings (SSSR count). The molecule has 0 aliphatic carbocycles. The summed E-state index contributed by atoms with van der Waals surface area (Å²) in [5, 5.41) is 4.58. The van der Waals surface area contributed by atoms with Gasteiger partial charge in [0, 0.05) is 40.3 Å². The molecule has 2 aromatic heterocycles. The maximum Gasteiger partial charge on any atom is 0.336 e.